The lowest BCUT2D eigenvalue weighted by Crippen LogP contribution is -2.12. The average molecular weight is 230 g/mol. The molecule has 1 aromatic carbocycles. The molecule has 1 saturated carbocycles. The Hall–Kier alpha value is -0.610. The van der Waals surface area contributed by atoms with Gasteiger partial charge in [0.2, 0.25) is 0 Å². The van der Waals surface area contributed by atoms with Gasteiger partial charge in [-0.25, -0.2) is 0 Å². The highest BCUT2D eigenvalue weighted by Crippen LogP contribution is 2.73. The van der Waals surface area contributed by atoms with Gasteiger partial charge in [0.15, 0.2) is 0 Å². The molecule has 3 rings (SSSR count). The third-order valence-corrected chi connectivity index (χ3v) is 7.25. The molecule has 2 unspecified atom stereocenters. The van der Waals surface area contributed by atoms with Crippen LogP contribution in [-0.4, -0.2) is 11.3 Å². The van der Waals surface area contributed by atoms with Crippen LogP contribution in [0.5, 0.6) is 0 Å². The van der Waals surface area contributed by atoms with E-state index in [0.717, 1.165) is 0 Å². The molecule has 1 heteroatoms. The van der Waals surface area contributed by atoms with Gasteiger partial charge in [0.25, 0.3) is 0 Å². The van der Waals surface area contributed by atoms with E-state index >= 15 is 0 Å². The van der Waals surface area contributed by atoms with Gasteiger partial charge in [-0.2, -0.15) is 0 Å². The maximum absolute atomic E-state index is 4.38. The van der Waals surface area contributed by atoms with Crippen LogP contribution in [0.3, 0.4) is 0 Å². The summed E-state index contributed by atoms with van der Waals surface area (Å²) in [6.07, 6.45) is 8.32. The second kappa shape index (κ2) is 4.00. The molecule has 0 nitrogen and oxygen atoms in total. The zero-order valence-corrected chi connectivity index (χ0v) is 10.7. The molecule has 0 radical (unpaired) electrons. The molecule has 0 aromatic heterocycles. The fraction of sp³-hybridized carbons (Fsp3) is 0.467. The van der Waals surface area contributed by atoms with E-state index in [4.69, 9.17) is 0 Å². The molecule has 1 aliphatic carbocycles. The number of hydrogen-bond acceptors (Lipinski definition) is 0. The molecule has 1 heterocycles. The van der Waals surface area contributed by atoms with E-state index in [0.29, 0.717) is 5.16 Å². The van der Waals surface area contributed by atoms with Crippen LogP contribution in [0.2, 0.25) is 0 Å². The van der Waals surface area contributed by atoms with Crippen LogP contribution in [0.1, 0.15) is 32.1 Å². The molecule has 2 fully saturated rings. The molecule has 1 aliphatic heterocycles. The minimum atomic E-state index is 0.0961. The first-order valence-electron chi connectivity index (χ1n) is 6.34. The van der Waals surface area contributed by atoms with Crippen molar-refractivity contribution in [2.75, 3.05) is 6.16 Å². The van der Waals surface area contributed by atoms with Crippen molar-refractivity contribution in [2.45, 2.75) is 37.3 Å². The molecular weight excluding hydrogens is 211 g/mol. The second-order valence-electron chi connectivity index (χ2n) is 5.12. The molecule has 84 valence electrons. The Balaban J connectivity index is 1.85. The van der Waals surface area contributed by atoms with Crippen molar-refractivity contribution in [3.8, 4) is 0 Å². The molecule has 0 amide bonds. The molecule has 2 atom stereocenters. The largest absolute Gasteiger partial charge is 0.0989 e. The van der Waals surface area contributed by atoms with E-state index < -0.39 is 0 Å². The highest BCUT2D eigenvalue weighted by atomic mass is 31.1. The maximum Gasteiger partial charge on any atom is 0.0194 e. The highest BCUT2D eigenvalue weighted by Gasteiger charge is 2.55. The first-order valence-corrected chi connectivity index (χ1v) is 7.87. The van der Waals surface area contributed by atoms with Gasteiger partial charge < -0.3 is 0 Å². The van der Waals surface area contributed by atoms with Gasteiger partial charge >= 0.3 is 0 Å². The van der Waals surface area contributed by atoms with E-state index in [2.05, 4.69) is 36.9 Å². The summed E-state index contributed by atoms with van der Waals surface area (Å²) in [6, 6.07) is 11.1. The normalized spacial score (nSPS) is 33.8. The van der Waals surface area contributed by atoms with Crippen molar-refractivity contribution in [1.82, 2.24) is 0 Å². The van der Waals surface area contributed by atoms with Crippen LogP contribution in [-0.2, 0) is 0 Å². The monoisotopic (exact) mass is 230 g/mol. The van der Waals surface area contributed by atoms with E-state index in [1.807, 2.05) is 0 Å². The Labute approximate surface area is 99.5 Å². The Morgan fingerprint density at radius 3 is 2.69 bits per heavy atom. The first-order chi connectivity index (χ1) is 7.83. The summed E-state index contributed by atoms with van der Waals surface area (Å²) in [7, 11) is 0.0961. The van der Waals surface area contributed by atoms with E-state index in [-0.39, 0.29) is 7.92 Å². The summed E-state index contributed by atoms with van der Waals surface area (Å²) < 4.78 is 0. The van der Waals surface area contributed by atoms with Gasteiger partial charge in [0, 0.05) is 5.16 Å². The third-order valence-electron chi connectivity index (χ3n) is 4.13. The summed E-state index contributed by atoms with van der Waals surface area (Å²) in [6.45, 7) is 4.38. The third kappa shape index (κ3) is 1.64. The zero-order chi connectivity index (χ0) is 11.0. The molecule has 1 saturated heterocycles. The van der Waals surface area contributed by atoms with Crippen molar-refractivity contribution in [3.63, 3.8) is 0 Å². The summed E-state index contributed by atoms with van der Waals surface area (Å²) >= 11 is 0. The van der Waals surface area contributed by atoms with Crippen molar-refractivity contribution in [1.29, 1.82) is 0 Å². The van der Waals surface area contributed by atoms with Gasteiger partial charge in [0.05, 0.1) is 0 Å². The zero-order valence-electron chi connectivity index (χ0n) is 9.78. The Morgan fingerprint density at radius 2 is 1.88 bits per heavy atom. The second-order valence-corrected chi connectivity index (χ2v) is 7.66. The molecule has 1 spiro atoms. The quantitative estimate of drug-likeness (QED) is 0.504. The van der Waals surface area contributed by atoms with Crippen LogP contribution in [0.4, 0.5) is 0 Å². The first kappa shape index (κ1) is 10.5. The number of rotatable bonds is 1. The Kier molecular flexibility index (Phi) is 2.64. The Bertz CT molecular complexity index is 395. The van der Waals surface area contributed by atoms with Crippen LogP contribution < -0.4 is 5.30 Å². The van der Waals surface area contributed by atoms with Gasteiger partial charge in [-0.05, 0) is 30.7 Å². The lowest BCUT2D eigenvalue weighted by atomic mass is 9.98. The fourth-order valence-electron chi connectivity index (χ4n) is 3.03. The molecule has 16 heavy (non-hydrogen) atoms. The fourth-order valence-corrected chi connectivity index (χ4v) is 6.21. The van der Waals surface area contributed by atoms with Gasteiger partial charge in [-0.3, -0.25) is 0 Å². The van der Waals surface area contributed by atoms with Crippen molar-refractivity contribution < 1.29 is 0 Å². The smallest absolute Gasteiger partial charge is 0.0194 e. The van der Waals surface area contributed by atoms with Gasteiger partial charge in [0.1, 0.15) is 0 Å². The number of hydrogen-bond donors (Lipinski definition) is 0. The predicted octanol–water partition coefficient (Wildman–Crippen LogP) is 4.07. The molecule has 0 N–H and O–H groups in total. The number of allylic oxidation sites excluding steroid dienone is 1. The lowest BCUT2D eigenvalue weighted by molar-refractivity contribution is 0.672. The van der Waals surface area contributed by atoms with Crippen molar-refractivity contribution in [2.24, 2.45) is 0 Å². The minimum absolute atomic E-state index is 0.0961. The summed E-state index contributed by atoms with van der Waals surface area (Å²) in [5.41, 5.74) is 1.57. The van der Waals surface area contributed by atoms with Crippen LogP contribution in [0.25, 0.3) is 0 Å². The average Bonchev–Trinajstić information content (AvgIpc) is 3.08. The van der Waals surface area contributed by atoms with Crippen LogP contribution in [0, 0.1) is 0 Å². The van der Waals surface area contributed by atoms with E-state index in [1.165, 1.54) is 38.3 Å². The highest BCUT2D eigenvalue weighted by molar-refractivity contribution is 7.75. The Morgan fingerprint density at radius 1 is 1.06 bits per heavy atom. The van der Waals surface area contributed by atoms with Crippen molar-refractivity contribution >= 4 is 13.2 Å². The predicted molar refractivity (Wildman–Crippen MR) is 72.8 cm³/mol. The summed E-state index contributed by atoms with van der Waals surface area (Å²) in [4.78, 5) is 0. The minimum Gasteiger partial charge on any atom is -0.0989 e. The van der Waals surface area contributed by atoms with Crippen molar-refractivity contribution in [3.05, 3.63) is 42.5 Å². The lowest BCUT2D eigenvalue weighted by Gasteiger charge is -2.17. The molecule has 0 bridgehead atoms. The summed E-state index contributed by atoms with van der Waals surface area (Å²) in [5.74, 6) is 0. The topological polar surface area (TPSA) is 0 Å². The molecule has 2 aliphatic rings. The van der Waals surface area contributed by atoms with E-state index in [1.54, 1.807) is 10.9 Å². The van der Waals surface area contributed by atoms with Gasteiger partial charge in [-0.1, -0.05) is 63.2 Å². The molecule has 1 aromatic rings. The SMILES string of the molecule is C=C1CCCCCC12CP2c1ccccc1. The van der Waals surface area contributed by atoms with Crippen LogP contribution >= 0.6 is 7.92 Å². The van der Waals surface area contributed by atoms with Gasteiger partial charge in [-0.15, -0.1) is 0 Å². The summed E-state index contributed by atoms with van der Waals surface area (Å²) in [5, 5.41) is 2.16. The maximum atomic E-state index is 4.38. The van der Waals surface area contributed by atoms with E-state index in [9.17, 15) is 0 Å². The molecular formula is C15H19P. The standard InChI is InChI=1S/C15H19P/c1-13-8-4-3-7-11-15(13)12-16(15)14-9-5-2-6-10-14/h2,5-6,9-10H,1,3-4,7-8,11-12H2. The van der Waals surface area contributed by atoms with Crippen LogP contribution in [0.15, 0.2) is 42.5 Å². The number of benzene rings is 1.